The molecule has 0 saturated heterocycles. The molecule has 0 spiro atoms. The summed E-state index contributed by atoms with van der Waals surface area (Å²) in [6, 6.07) is 18.4. The van der Waals surface area contributed by atoms with Gasteiger partial charge in [0.2, 0.25) is 11.7 Å². The van der Waals surface area contributed by atoms with E-state index < -0.39 is 0 Å². The van der Waals surface area contributed by atoms with Crippen LogP contribution in [0.5, 0.6) is 0 Å². The van der Waals surface area contributed by atoms with E-state index in [1.807, 2.05) is 24.3 Å². The third-order valence-corrected chi connectivity index (χ3v) is 5.23. The maximum atomic E-state index is 6.22. The number of benzene rings is 2. The highest BCUT2D eigenvalue weighted by molar-refractivity contribution is 6.33. The van der Waals surface area contributed by atoms with Crippen LogP contribution < -0.4 is 0 Å². The van der Waals surface area contributed by atoms with E-state index in [1.54, 1.807) is 0 Å². The van der Waals surface area contributed by atoms with Crippen LogP contribution in [0.4, 0.5) is 0 Å². The summed E-state index contributed by atoms with van der Waals surface area (Å²) < 4.78 is 5.53. The average Bonchev–Trinajstić information content (AvgIpc) is 3.13. The number of rotatable bonds is 3. The molecule has 2 aromatic carbocycles. The van der Waals surface area contributed by atoms with Crippen molar-refractivity contribution in [2.75, 3.05) is 0 Å². The summed E-state index contributed by atoms with van der Waals surface area (Å²) >= 11 is 6.22. The van der Waals surface area contributed by atoms with Crippen LogP contribution in [0.25, 0.3) is 11.4 Å². The Hall–Kier alpha value is -2.13. The van der Waals surface area contributed by atoms with Crippen LogP contribution in [0.3, 0.4) is 0 Å². The Balaban J connectivity index is 1.46. The summed E-state index contributed by atoms with van der Waals surface area (Å²) in [6.07, 6.45) is 4.50. The van der Waals surface area contributed by atoms with Crippen molar-refractivity contribution in [3.63, 3.8) is 0 Å². The molecule has 1 aliphatic carbocycles. The van der Waals surface area contributed by atoms with E-state index in [-0.39, 0.29) is 0 Å². The molecule has 1 aliphatic rings. The van der Waals surface area contributed by atoms with E-state index in [2.05, 4.69) is 40.5 Å². The normalized spacial score (nSPS) is 20.9. The fraction of sp³-hybridized carbons (Fsp3) is 0.300. The van der Waals surface area contributed by atoms with Gasteiger partial charge >= 0.3 is 0 Å². The minimum Gasteiger partial charge on any atom is -0.339 e. The first kappa shape index (κ1) is 15.4. The fourth-order valence-corrected chi connectivity index (χ4v) is 3.77. The predicted octanol–water partition coefficient (Wildman–Crippen LogP) is 5.83. The molecule has 1 fully saturated rings. The van der Waals surface area contributed by atoms with Crippen molar-refractivity contribution < 1.29 is 4.52 Å². The Labute approximate surface area is 146 Å². The molecule has 3 nitrogen and oxygen atoms in total. The van der Waals surface area contributed by atoms with Gasteiger partial charge in [0.1, 0.15) is 0 Å². The zero-order valence-corrected chi connectivity index (χ0v) is 14.1. The average molecular weight is 339 g/mol. The van der Waals surface area contributed by atoms with Gasteiger partial charge in [0.25, 0.3) is 0 Å². The summed E-state index contributed by atoms with van der Waals surface area (Å²) in [5.41, 5.74) is 2.27. The molecule has 0 bridgehead atoms. The molecule has 0 atom stereocenters. The second-order valence-electron chi connectivity index (χ2n) is 6.40. The van der Waals surface area contributed by atoms with Crippen molar-refractivity contribution >= 4 is 11.6 Å². The Morgan fingerprint density at radius 1 is 0.833 bits per heavy atom. The summed E-state index contributed by atoms with van der Waals surface area (Å²) in [6.45, 7) is 0. The minimum absolute atomic E-state index is 0.355. The molecule has 24 heavy (non-hydrogen) atoms. The third kappa shape index (κ3) is 3.09. The highest BCUT2D eigenvalue weighted by atomic mass is 35.5. The van der Waals surface area contributed by atoms with E-state index in [0.29, 0.717) is 22.7 Å². The van der Waals surface area contributed by atoms with E-state index in [1.165, 1.54) is 18.4 Å². The monoisotopic (exact) mass is 338 g/mol. The lowest BCUT2D eigenvalue weighted by Gasteiger charge is -2.26. The zero-order chi connectivity index (χ0) is 16.4. The number of aromatic nitrogens is 2. The lowest BCUT2D eigenvalue weighted by atomic mass is 9.78. The smallest absolute Gasteiger partial charge is 0.230 e. The van der Waals surface area contributed by atoms with Gasteiger partial charge in [-0.15, -0.1) is 0 Å². The van der Waals surface area contributed by atoms with Crippen LogP contribution >= 0.6 is 11.6 Å². The molecule has 0 aliphatic heterocycles. The second-order valence-corrected chi connectivity index (χ2v) is 6.80. The molecule has 1 aromatic heterocycles. The summed E-state index contributed by atoms with van der Waals surface area (Å²) in [5, 5.41) is 4.78. The van der Waals surface area contributed by atoms with E-state index in [4.69, 9.17) is 16.1 Å². The Kier molecular flexibility index (Phi) is 4.35. The molecule has 1 saturated carbocycles. The molecule has 0 N–H and O–H groups in total. The number of nitrogens with zero attached hydrogens (tertiary/aromatic N) is 2. The van der Waals surface area contributed by atoms with Crippen LogP contribution in [0.2, 0.25) is 5.02 Å². The van der Waals surface area contributed by atoms with Crippen LogP contribution in [-0.4, -0.2) is 10.1 Å². The quantitative estimate of drug-likeness (QED) is 0.603. The molecule has 1 heterocycles. The Morgan fingerprint density at radius 3 is 2.25 bits per heavy atom. The highest BCUT2D eigenvalue weighted by Gasteiger charge is 2.27. The van der Waals surface area contributed by atoms with Crippen LogP contribution in [0.1, 0.15) is 49.0 Å². The molecule has 0 unspecified atom stereocenters. The topological polar surface area (TPSA) is 38.9 Å². The predicted molar refractivity (Wildman–Crippen MR) is 95.1 cm³/mol. The van der Waals surface area contributed by atoms with Crippen molar-refractivity contribution in [1.29, 1.82) is 0 Å². The van der Waals surface area contributed by atoms with E-state index in [9.17, 15) is 0 Å². The maximum Gasteiger partial charge on any atom is 0.230 e. The van der Waals surface area contributed by atoms with Gasteiger partial charge in [0, 0.05) is 11.5 Å². The number of halogens is 1. The van der Waals surface area contributed by atoms with Gasteiger partial charge in [-0.3, -0.25) is 0 Å². The first-order chi connectivity index (χ1) is 11.8. The van der Waals surface area contributed by atoms with Crippen LogP contribution in [0, 0.1) is 0 Å². The van der Waals surface area contributed by atoms with Crippen LogP contribution in [0.15, 0.2) is 59.1 Å². The number of hydrogen-bond acceptors (Lipinski definition) is 3. The van der Waals surface area contributed by atoms with Crippen molar-refractivity contribution in [1.82, 2.24) is 10.1 Å². The molecule has 122 valence electrons. The Morgan fingerprint density at radius 2 is 1.50 bits per heavy atom. The second kappa shape index (κ2) is 6.78. The minimum atomic E-state index is 0.355. The first-order valence-corrected chi connectivity index (χ1v) is 8.82. The van der Waals surface area contributed by atoms with Gasteiger partial charge < -0.3 is 4.52 Å². The highest BCUT2D eigenvalue weighted by Crippen LogP contribution is 2.40. The molecule has 4 rings (SSSR count). The molecule has 3 aromatic rings. The van der Waals surface area contributed by atoms with Crippen molar-refractivity contribution in [3.8, 4) is 11.4 Å². The SMILES string of the molecule is Clc1ccccc1-c1noc(C2CCC(c3ccccc3)CC2)n1. The van der Waals surface area contributed by atoms with Gasteiger partial charge in [0.15, 0.2) is 0 Å². The lowest BCUT2D eigenvalue weighted by molar-refractivity contribution is 0.301. The molecular formula is C20H19ClN2O. The van der Waals surface area contributed by atoms with Gasteiger partial charge in [0.05, 0.1) is 5.02 Å². The first-order valence-electron chi connectivity index (χ1n) is 8.44. The largest absolute Gasteiger partial charge is 0.339 e. The zero-order valence-electron chi connectivity index (χ0n) is 13.4. The molecular weight excluding hydrogens is 320 g/mol. The van der Waals surface area contributed by atoms with Gasteiger partial charge in [-0.1, -0.05) is 59.2 Å². The van der Waals surface area contributed by atoms with E-state index >= 15 is 0 Å². The van der Waals surface area contributed by atoms with Gasteiger partial charge in [-0.25, -0.2) is 0 Å². The Bertz CT molecular complexity index is 807. The fourth-order valence-electron chi connectivity index (χ4n) is 3.55. The van der Waals surface area contributed by atoms with Crippen molar-refractivity contribution in [2.24, 2.45) is 0 Å². The van der Waals surface area contributed by atoms with Crippen LogP contribution in [-0.2, 0) is 0 Å². The van der Waals surface area contributed by atoms with Crippen molar-refractivity contribution in [3.05, 3.63) is 71.1 Å². The summed E-state index contributed by atoms with van der Waals surface area (Å²) in [5.74, 6) is 2.33. The van der Waals surface area contributed by atoms with Gasteiger partial charge in [-0.2, -0.15) is 4.98 Å². The lowest BCUT2D eigenvalue weighted by Crippen LogP contribution is -2.12. The molecule has 4 heteroatoms. The molecule has 0 radical (unpaired) electrons. The third-order valence-electron chi connectivity index (χ3n) is 4.90. The summed E-state index contributed by atoms with van der Waals surface area (Å²) in [7, 11) is 0. The number of hydrogen-bond donors (Lipinski definition) is 0. The van der Waals surface area contributed by atoms with E-state index in [0.717, 1.165) is 24.3 Å². The summed E-state index contributed by atoms with van der Waals surface area (Å²) in [4.78, 5) is 4.60. The molecule has 0 amide bonds. The standard InChI is InChI=1S/C20H19ClN2O/c21-18-9-5-4-8-17(18)19-22-20(24-23-19)16-12-10-15(11-13-16)14-6-2-1-3-7-14/h1-9,15-16H,10-13H2. The van der Waals surface area contributed by atoms with Crippen molar-refractivity contribution in [2.45, 2.75) is 37.5 Å². The van der Waals surface area contributed by atoms with Gasteiger partial charge in [-0.05, 0) is 49.3 Å². The maximum absolute atomic E-state index is 6.22.